The molecule has 3 rings (SSSR count). The average molecular weight is 587 g/mol. The largest absolute Gasteiger partial charge is 0.508 e. The third-order valence-electron chi connectivity index (χ3n) is 8.50. The zero-order chi connectivity index (χ0) is 30.5. The predicted octanol–water partition coefficient (Wildman–Crippen LogP) is 8.72. The van der Waals surface area contributed by atoms with E-state index in [1.165, 1.54) is 30.3 Å². The van der Waals surface area contributed by atoms with Crippen molar-refractivity contribution in [1.82, 2.24) is 0 Å². The third-order valence-corrected chi connectivity index (χ3v) is 8.50. The summed E-state index contributed by atoms with van der Waals surface area (Å²) < 4.78 is 74.5. The second kappa shape index (κ2) is 12.9. The monoisotopic (exact) mass is 586 g/mol. The summed E-state index contributed by atoms with van der Waals surface area (Å²) in [6, 6.07) is 10.0. The van der Waals surface area contributed by atoms with Crippen molar-refractivity contribution in [3.63, 3.8) is 0 Å². The van der Waals surface area contributed by atoms with E-state index in [1.54, 1.807) is 19.1 Å². The number of rotatable bonds is 14. The van der Waals surface area contributed by atoms with Crippen molar-refractivity contribution >= 4 is 5.97 Å². The molecule has 3 unspecified atom stereocenters. The molecule has 5 nitrogen and oxygen atoms in total. The molecule has 3 atom stereocenters. The fourth-order valence-electron chi connectivity index (χ4n) is 6.21. The van der Waals surface area contributed by atoms with E-state index in [0.717, 1.165) is 32.1 Å². The van der Waals surface area contributed by atoms with Gasteiger partial charge < -0.3 is 20.1 Å². The van der Waals surface area contributed by atoms with Crippen molar-refractivity contribution in [2.75, 3.05) is 6.61 Å². The van der Waals surface area contributed by atoms with Crippen LogP contribution in [0, 0.1) is 5.41 Å². The van der Waals surface area contributed by atoms with Gasteiger partial charge in [-0.2, -0.15) is 22.0 Å². The van der Waals surface area contributed by atoms with E-state index in [1.807, 2.05) is 0 Å². The van der Waals surface area contributed by atoms with Gasteiger partial charge in [0.15, 0.2) is 0 Å². The van der Waals surface area contributed by atoms with Crippen LogP contribution in [0.1, 0.15) is 95.1 Å². The Bertz CT molecular complexity index is 1170. The summed E-state index contributed by atoms with van der Waals surface area (Å²) in [7, 11) is 0. The number of alkyl halides is 5. The summed E-state index contributed by atoms with van der Waals surface area (Å²) in [6.45, 7) is 3.65. The van der Waals surface area contributed by atoms with E-state index in [2.05, 4.69) is 6.92 Å². The zero-order valence-corrected chi connectivity index (χ0v) is 23.4. The van der Waals surface area contributed by atoms with Crippen molar-refractivity contribution in [2.24, 2.45) is 5.41 Å². The van der Waals surface area contributed by atoms with E-state index < -0.39 is 47.7 Å². The van der Waals surface area contributed by atoms with E-state index in [-0.39, 0.29) is 30.3 Å². The summed E-state index contributed by atoms with van der Waals surface area (Å²) in [6.07, 6.45) is -2.80. The van der Waals surface area contributed by atoms with Crippen LogP contribution in [0.3, 0.4) is 0 Å². The lowest BCUT2D eigenvalue weighted by Gasteiger charge is -2.51. The van der Waals surface area contributed by atoms with Crippen LogP contribution in [0.4, 0.5) is 22.0 Å². The summed E-state index contributed by atoms with van der Waals surface area (Å²) in [5.74, 6) is -7.69. The normalized spacial score (nSPS) is 20.6. The summed E-state index contributed by atoms with van der Waals surface area (Å²) in [4.78, 5) is 13.3. The maximum Gasteiger partial charge on any atom is 0.453 e. The van der Waals surface area contributed by atoms with Crippen molar-refractivity contribution in [1.29, 1.82) is 0 Å². The summed E-state index contributed by atoms with van der Waals surface area (Å²) >= 11 is 0. The second-order valence-electron chi connectivity index (χ2n) is 11.4. The minimum Gasteiger partial charge on any atom is -0.508 e. The highest BCUT2D eigenvalue weighted by atomic mass is 19.4. The van der Waals surface area contributed by atoms with Crippen molar-refractivity contribution in [2.45, 2.75) is 101 Å². The van der Waals surface area contributed by atoms with Gasteiger partial charge in [0, 0.05) is 23.8 Å². The third kappa shape index (κ3) is 7.07. The van der Waals surface area contributed by atoms with Crippen LogP contribution in [-0.2, 0) is 10.2 Å². The molecular weight excluding hydrogens is 547 g/mol. The maximum atomic E-state index is 14.4. The Labute approximate surface area is 237 Å². The van der Waals surface area contributed by atoms with E-state index >= 15 is 0 Å². The van der Waals surface area contributed by atoms with Gasteiger partial charge in [0.2, 0.25) is 0 Å². The number of carboxylic acid groups (broad SMARTS) is 1. The molecule has 0 amide bonds. The lowest BCUT2D eigenvalue weighted by molar-refractivity contribution is -0.286. The van der Waals surface area contributed by atoms with Gasteiger partial charge >= 0.3 is 18.1 Å². The second-order valence-corrected chi connectivity index (χ2v) is 11.4. The first-order chi connectivity index (χ1) is 19.2. The molecule has 41 heavy (non-hydrogen) atoms. The smallest absolute Gasteiger partial charge is 0.453 e. The van der Waals surface area contributed by atoms with E-state index in [9.17, 15) is 42.1 Å². The molecule has 10 heteroatoms. The molecule has 0 aromatic heterocycles. The SMILES string of the molecule is CCCCCCCCCC(CCC(F)(F)C(F)(F)F)(C(=O)O)C1c2ccc(O)cc2OCC1(C)c1ccc(O)cc1. The number of carboxylic acids is 1. The lowest BCUT2D eigenvalue weighted by Crippen LogP contribution is -2.52. The van der Waals surface area contributed by atoms with Gasteiger partial charge in [-0.3, -0.25) is 4.79 Å². The number of aromatic hydroxyl groups is 2. The molecule has 0 fully saturated rings. The van der Waals surface area contributed by atoms with Crippen LogP contribution < -0.4 is 4.74 Å². The van der Waals surface area contributed by atoms with Gasteiger partial charge in [-0.25, -0.2) is 0 Å². The Morgan fingerprint density at radius 1 is 0.878 bits per heavy atom. The number of halogens is 5. The number of phenols is 2. The first-order valence-corrected chi connectivity index (χ1v) is 14.1. The average Bonchev–Trinajstić information content (AvgIpc) is 2.90. The number of phenolic OH excluding ortho intramolecular Hbond substituents is 2. The van der Waals surface area contributed by atoms with Gasteiger partial charge in [-0.1, -0.05) is 77.0 Å². The Morgan fingerprint density at radius 3 is 2.05 bits per heavy atom. The minimum absolute atomic E-state index is 0.0478. The molecule has 1 aliphatic heterocycles. The van der Waals surface area contributed by atoms with Gasteiger partial charge in [0.05, 0.1) is 12.0 Å². The first-order valence-electron chi connectivity index (χ1n) is 14.1. The van der Waals surface area contributed by atoms with Crippen molar-refractivity contribution in [3.05, 3.63) is 53.6 Å². The number of hydrogen-bond donors (Lipinski definition) is 3. The quantitative estimate of drug-likeness (QED) is 0.152. The van der Waals surface area contributed by atoms with Crippen molar-refractivity contribution < 1.29 is 46.8 Å². The minimum atomic E-state index is -5.82. The van der Waals surface area contributed by atoms with Crippen LogP contribution in [-0.4, -0.2) is 40.0 Å². The van der Waals surface area contributed by atoms with Crippen molar-refractivity contribution in [3.8, 4) is 17.2 Å². The van der Waals surface area contributed by atoms with Gasteiger partial charge in [-0.05, 0) is 42.2 Å². The Balaban J connectivity index is 2.15. The van der Waals surface area contributed by atoms with Crippen LogP contribution in [0.2, 0.25) is 0 Å². The Morgan fingerprint density at radius 2 is 1.46 bits per heavy atom. The first kappa shape index (κ1) is 32.5. The highest BCUT2D eigenvalue weighted by molar-refractivity contribution is 5.77. The molecule has 2 aromatic carbocycles. The standard InChI is InChI=1S/C31H39F5O5/c1-3-4-5-6-7-8-9-16-29(27(39)40,17-18-30(32,33)31(34,35)36)26-24-15-14-23(38)19-25(24)41-20-28(26,2)21-10-12-22(37)13-11-21/h10-15,19,26,37-38H,3-9,16-18,20H2,1-2H3,(H,39,40). The van der Waals surface area contributed by atoms with E-state index in [4.69, 9.17) is 4.74 Å². The molecule has 0 saturated heterocycles. The number of fused-ring (bicyclic) bond motifs is 1. The Kier molecular flexibility index (Phi) is 10.2. The number of aliphatic carboxylic acids is 1. The number of unbranched alkanes of at least 4 members (excludes halogenated alkanes) is 6. The maximum absolute atomic E-state index is 14.4. The Hall–Kier alpha value is -3.04. The highest BCUT2D eigenvalue weighted by Crippen LogP contribution is 2.59. The van der Waals surface area contributed by atoms with Gasteiger partial charge in [-0.15, -0.1) is 0 Å². The summed E-state index contributed by atoms with van der Waals surface area (Å²) in [5, 5.41) is 30.7. The number of benzene rings is 2. The molecule has 228 valence electrons. The predicted molar refractivity (Wildman–Crippen MR) is 145 cm³/mol. The molecule has 0 radical (unpaired) electrons. The highest BCUT2D eigenvalue weighted by Gasteiger charge is 2.61. The molecule has 0 aliphatic carbocycles. The molecule has 1 heterocycles. The topological polar surface area (TPSA) is 87.0 Å². The number of hydrogen-bond acceptors (Lipinski definition) is 4. The number of carbonyl (C=O) groups is 1. The molecule has 2 aromatic rings. The van der Waals surface area contributed by atoms with Crippen LogP contribution in [0.15, 0.2) is 42.5 Å². The van der Waals surface area contributed by atoms with Gasteiger partial charge in [0.1, 0.15) is 17.2 Å². The van der Waals surface area contributed by atoms with Gasteiger partial charge in [0.25, 0.3) is 0 Å². The van der Waals surface area contributed by atoms with Crippen LogP contribution in [0.5, 0.6) is 17.2 Å². The summed E-state index contributed by atoms with van der Waals surface area (Å²) in [5.41, 5.74) is -2.37. The molecule has 0 bridgehead atoms. The van der Waals surface area contributed by atoms with Crippen LogP contribution in [0.25, 0.3) is 0 Å². The fourth-order valence-corrected chi connectivity index (χ4v) is 6.21. The fraction of sp³-hybridized carbons (Fsp3) is 0.581. The molecule has 0 spiro atoms. The van der Waals surface area contributed by atoms with Crippen LogP contribution >= 0.6 is 0 Å². The molecular formula is C31H39F5O5. The molecule has 1 aliphatic rings. The zero-order valence-electron chi connectivity index (χ0n) is 23.4. The molecule has 3 N–H and O–H groups in total. The van der Waals surface area contributed by atoms with E-state index in [0.29, 0.717) is 24.0 Å². The number of ether oxygens (including phenoxy) is 1. The molecule has 0 saturated carbocycles. The lowest BCUT2D eigenvalue weighted by atomic mass is 9.54.